The first-order chi connectivity index (χ1) is 4.88. The van der Waals surface area contributed by atoms with E-state index in [-0.39, 0.29) is 11.2 Å². The Morgan fingerprint density at radius 2 is 1.91 bits per heavy atom. The molecule has 0 radical (unpaired) electrons. The van der Waals surface area contributed by atoms with Crippen LogP contribution in [-0.4, -0.2) is 16.5 Å². The average Bonchev–Trinajstić information content (AvgIpc) is 1.84. The van der Waals surface area contributed by atoms with Gasteiger partial charge in [-0.05, 0) is 19.8 Å². The zero-order chi connectivity index (χ0) is 8.70. The minimum atomic E-state index is -1.11. The molecule has 0 aromatic heterocycles. The SMILES string of the molecule is CC1(C)CCCC(=O)[C@]1(C)O. The molecule has 11 heavy (non-hydrogen) atoms. The van der Waals surface area contributed by atoms with Crippen LogP contribution in [-0.2, 0) is 4.79 Å². The molecule has 2 heteroatoms. The van der Waals surface area contributed by atoms with Gasteiger partial charge in [-0.15, -0.1) is 0 Å². The van der Waals surface area contributed by atoms with E-state index in [0.29, 0.717) is 6.42 Å². The first kappa shape index (κ1) is 8.72. The van der Waals surface area contributed by atoms with E-state index < -0.39 is 5.60 Å². The van der Waals surface area contributed by atoms with Crippen molar-refractivity contribution in [3.05, 3.63) is 0 Å². The molecule has 1 saturated carbocycles. The molecule has 0 heterocycles. The van der Waals surface area contributed by atoms with Crippen molar-refractivity contribution in [2.24, 2.45) is 5.41 Å². The summed E-state index contributed by atoms with van der Waals surface area (Å²) < 4.78 is 0. The number of ketones is 1. The van der Waals surface area contributed by atoms with E-state index in [1.165, 1.54) is 0 Å². The van der Waals surface area contributed by atoms with E-state index in [9.17, 15) is 9.90 Å². The maximum absolute atomic E-state index is 11.3. The van der Waals surface area contributed by atoms with Gasteiger partial charge in [-0.1, -0.05) is 13.8 Å². The van der Waals surface area contributed by atoms with Gasteiger partial charge < -0.3 is 5.11 Å². The van der Waals surface area contributed by atoms with Gasteiger partial charge in [-0.25, -0.2) is 0 Å². The molecule has 1 fully saturated rings. The van der Waals surface area contributed by atoms with Crippen molar-refractivity contribution in [2.45, 2.75) is 45.6 Å². The van der Waals surface area contributed by atoms with Gasteiger partial charge in [0.05, 0.1) is 0 Å². The van der Waals surface area contributed by atoms with Crippen LogP contribution in [0.1, 0.15) is 40.0 Å². The predicted octanol–water partition coefficient (Wildman–Crippen LogP) is 1.52. The molecule has 64 valence electrons. The van der Waals surface area contributed by atoms with E-state index in [0.717, 1.165) is 12.8 Å². The van der Waals surface area contributed by atoms with Crippen LogP contribution in [0.15, 0.2) is 0 Å². The Morgan fingerprint density at radius 3 is 2.27 bits per heavy atom. The largest absolute Gasteiger partial charge is 0.382 e. The summed E-state index contributed by atoms with van der Waals surface area (Å²) in [4.78, 5) is 11.3. The molecule has 1 aliphatic rings. The van der Waals surface area contributed by atoms with Crippen molar-refractivity contribution in [1.82, 2.24) is 0 Å². The van der Waals surface area contributed by atoms with Gasteiger partial charge in [-0.2, -0.15) is 0 Å². The summed E-state index contributed by atoms with van der Waals surface area (Å²) in [6.07, 6.45) is 2.39. The first-order valence-corrected chi connectivity index (χ1v) is 4.13. The molecule has 0 spiro atoms. The van der Waals surface area contributed by atoms with Crippen LogP contribution in [0.4, 0.5) is 0 Å². The van der Waals surface area contributed by atoms with Gasteiger partial charge in [-0.3, -0.25) is 4.79 Å². The van der Waals surface area contributed by atoms with E-state index >= 15 is 0 Å². The number of Topliss-reactive ketones (excluding diaryl/α,β-unsaturated/α-hetero) is 1. The minimum absolute atomic E-state index is 0.00579. The van der Waals surface area contributed by atoms with Crippen LogP contribution in [0.2, 0.25) is 0 Å². The lowest BCUT2D eigenvalue weighted by molar-refractivity contribution is -0.154. The minimum Gasteiger partial charge on any atom is -0.382 e. The molecular weight excluding hydrogens is 140 g/mol. The fourth-order valence-electron chi connectivity index (χ4n) is 1.56. The van der Waals surface area contributed by atoms with Crippen molar-refractivity contribution in [3.8, 4) is 0 Å². The van der Waals surface area contributed by atoms with Crippen LogP contribution in [0.3, 0.4) is 0 Å². The molecule has 0 saturated heterocycles. The van der Waals surface area contributed by atoms with Crippen LogP contribution in [0.5, 0.6) is 0 Å². The zero-order valence-corrected chi connectivity index (χ0v) is 7.48. The zero-order valence-electron chi connectivity index (χ0n) is 7.48. The molecule has 0 aliphatic heterocycles. The smallest absolute Gasteiger partial charge is 0.164 e. The molecule has 0 aromatic rings. The number of carbonyl (C=O) groups is 1. The highest BCUT2D eigenvalue weighted by Crippen LogP contribution is 2.41. The Morgan fingerprint density at radius 1 is 1.36 bits per heavy atom. The Hall–Kier alpha value is -0.370. The highest BCUT2D eigenvalue weighted by Gasteiger charge is 2.47. The maximum atomic E-state index is 11.3. The van der Waals surface area contributed by atoms with E-state index in [4.69, 9.17) is 0 Å². The molecule has 0 amide bonds. The fourth-order valence-corrected chi connectivity index (χ4v) is 1.56. The predicted molar refractivity (Wildman–Crippen MR) is 43.3 cm³/mol. The Labute approximate surface area is 67.6 Å². The molecule has 2 nitrogen and oxygen atoms in total. The number of rotatable bonds is 0. The summed E-state index contributed by atoms with van der Waals surface area (Å²) in [6.45, 7) is 5.53. The Bertz CT molecular complexity index is 180. The average molecular weight is 156 g/mol. The summed E-state index contributed by atoms with van der Waals surface area (Å²) in [5.74, 6) is -0.00579. The molecule has 1 atom stereocenters. The highest BCUT2D eigenvalue weighted by atomic mass is 16.3. The summed E-state index contributed by atoms with van der Waals surface area (Å²) in [7, 11) is 0. The molecule has 1 rings (SSSR count). The maximum Gasteiger partial charge on any atom is 0.164 e. The molecule has 1 N–H and O–H groups in total. The van der Waals surface area contributed by atoms with Crippen molar-refractivity contribution in [1.29, 1.82) is 0 Å². The second-order valence-corrected chi connectivity index (χ2v) is 4.23. The van der Waals surface area contributed by atoms with Gasteiger partial charge in [0.25, 0.3) is 0 Å². The Balaban J connectivity index is 2.91. The van der Waals surface area contributed by atoms with E-state index in [2.05, 4.69) is 0 Å². The molecule has 1 aliphatic carbocycles. The van der Waals surface area contributed by atoms with Gasteiger partial charge in [0.1, 0.15) is 5.60 Å². The third kappa shape index (κ3) is 1.20. The van der Waals surface area contributed by atoms with Gasteiger partial charge in [0.15, 0.2) is 5.78 Å². The van der Waals surface area contributed by atoms with Crippen LogP contribution < -0.4 is 0 Å². The molecule has 0 bridgehead atoms. The van der Waals surface area contributed by atoms with Crippen molar-refractivity contribution in [2.75, 3.05) is 0 Å². The summed E-state index contributed by atoms with van der Waals surface area (Å²) >= 11 is 0. The lowest BCUT2D eigenvalue weighted by Gasteiger charge is -2.42. The summed E-state index contributed by atoms with van der Waals surface area (Å²) in [5.41, 5.74) is -1.35. The lowest BCUT2D eigenvalue weighted by atomic mass is 9.66. The van der Waals surface area contributed by atoms with Crippen molar-refractivity contribution in [3.63, 3.8) is 0 Å². The molecule has 0 unspecified atom stereocenters. The van der Waals surface area contributed by atoms with Gasteiger partial charge in [0.2, 0.25) is 0 Å². The van der Waals surface area contributed by atoms with Crippen LogP contribution in [0, 0.1) is 5.41 Å². The number of aliphatic hydroxyl groups is 1. The van der Waals surface area contributed by atoms with Crippen molar-refractivity contribution < 1.29 is 9.90 Å². The highest BCUT2D eigenvalue weighted by molar-refractivity contribution is 5.88. The topological polar surface area (TPSA) is 37.3 Å². The number of carbonyl (C=O) groups excluding carboxylic acids is 1. The third-order valence-corrected chi connectivity index (χ3v) is 3.07. The quantitative estimate of drug-likeness (QED) is 0.577. The van der Waals surface area contributed by atoms with Gasteiger partial charge in [0, 0.05) is 11.8 Å². The second kappa shape index (κ2) is 2.31. The van der Waals surface area contributed by atoms with Crippen LogP contribution in [0.25, 0.3) is 0 Å². The summed E-state index contributed by atoms with van der Waals surface area (Å²) in [5, 5.41) is 9.82. The van der Waals surface area contributed by atoms with E-state index in [1.807, 2.05) is 13.8 Å². The Kier molecular flexibility index (Phi) is 1.83. The molecule has 0 aromatic carbocycles. The van der Waals surface area contributed by atoms with Crippen LogP contribution >= 0.6 is 0 Å². The summed E-state index contributed by atoms with van der Waals surface area (Å²) in [6, 6.07) is 0. The van der Waals surface area contributed by atoms with E-state index in [1.54, 1.807) is 6.92 Å². The lowest BCUT2D eigenvalue weighted by Crippen LogP contribution is -2.51. The number of hydrogen-bond acceptors (Lipinski definition) is 2. The normalized spacial score (nSPS) is 37.3. The standard InChI is InChI=1S/C9H16O2/c1-8(2)6-4-5-7(10)9(8,3)11/h11H,4-6H2,1-3H3/t9-/m0/s1. The fraction of sp³-hybridized carbons (Fsp3) is 0.889. The number of hydrogen-bond donors (Lipinski definition) is 1. The first-order valence-electron chi connectivity index (χ1n) is 4.13. The molecular formula is C9H16O2. The van der Waals surface area contributed by atoms with Crippen molar-refractivity contribution >= 4 is 5.78 Å². The third-order valence-electron chi connectivity index (χ3n) is 3.07. The second-order valence-electron chi connectivity index (χ2n) is 4.23. The monoisotopic (exact) mass is 156 g/mol. The van der Waals surface area contributed by atoms with Gasteiger partial charge >= 0.3 is 0 Å².